The van der Waals surface area contributed by atoms with E-state index in [9.17, 15) is 9.90 Å². The van der Waals surface area contributed by atoms with E-state index >= 15 is 0 Å². The van der Waals surface area contributed by atoms with Gasteiger partial charge in [-0.15, -0.1) is 0 Å². The van der Waals surface area contributed by atoms with Crippen LogP contribution in [0.2, 0.25) is 0 Å². The van der Waals surface area contributed by atoms with Gasteiger partial charge < -0.3 is 20.1 Å². The Bertz CT molecular complexity index is 545. The first-order chi connectivity index (χ1) is 11.2. The summed E-state index contributed by atoms with van der Waals surface area (Å²) in [7, 11) is 0. The van der Waals surface area contributed by atoms with Crippen molar-refractivity contribution in [1.29, 1.82) is 0 Å². The number of aliphatic hydroxyl groups excluding tert-OH is 1. The normalized spacial score (nSPS) is 23.0. The van der Waals surface area contributed by atoms with Crippen molar-refractivity contribution < 1.29 is 14.6 Å². The monoisotopic (exact) mass is 334 g/mol. The number of hydrogen-bond acceptors (Lipinski definition) is 3. The highest BCUT2D eigenvalue weighted by Crippen LogP contribution is 2.29. The number of amides is 2. The predicted molar refractivity (Wildman–Crippen MR) is 94.8 cm³/mol. The molecule has 2 N–H and O–H groups in total. The number of hydrogen-bond donors (Lipinski definition) is 2. The molecule has 1 aliphatic heterocycles. The number of carbonyl (C=O) groups excluding carboxylic acids is 1. The van der Waals surface area contributed by atoms with Gasteiger partial charge in [-0.1, -0.05) is 44.2 Å². The summed E-state index contributed by atoms with van der Waals surface area (Å²) >= 11 is 0. The third kappa shape index (κ3) is 4.95. The number of rotatable bonds is 5. The average molecular weight is 334 g/mol. The van der Waals surface area contributed by atoms with Crippen LogP contribution in [0, 0.1) is 5.41 Å². The summed E-state index contributed by atoms with van der Waals surface area (Å²) in [5.41, 5.74) is 0.460. The SMILES string of the molecule is CC(O)CC(C)(C)CNC(=O)N1CCOC(C)(c2ccccc2)C1. The Hall–Kier alpha value is -1.59. The summed E-state index contributed by atoms with van der Waals surface area (Å²) in [5.74, 6) is 0. The molecule has 0 spiro atoms. The molecule has 1 heterocycles. The molecule has 0 radical (unpaired) electrons. The summed E-state index contributed by atoms with van der Waals surface area (Å²) in [4.78, 5) is 14.4. The Morgan fingerprint density at radius 3 is 2.71 bits per heavy atom. The predicted octanol–water partition coefficient (Wildman–Crippen LogP) is 2.74. The zero-order valence-electron chi connectivity index (χ0n) is 15.2. The van der Waals surface area contributed by atoms with Gasteiger partial charge in [-0.3, -0.25) is 0 Å². The number of urea groups is 1. The number of nitrogens with zero attached hydrogens (tertiary/aromatic N) is 1. The number of morpholine rings is 1. The van der Waals surface area contributed by atoms with Crippen molar-refractivity contribution in [2.45, 2.75) is 45.8 Å². The lowest BCUT2D eigenvalue weighted by atomic mass is 9.87. The van der Waals surface area contributed by atoms with Crippen molar-refractivity contribution >= 4 is 6.03 Å². The molecular formula is C19H30N2O3. The van der Waals surface area contributed by atoms with Gasteiger partial charge in [0, 0.05) is 13.1 Å². The van der Waals surface area contributed by atoms with Crippen LogP contribution in [0.3, 0.4) is 0 Å². The number of aliphatic hydroxyl groups is 1. The number of benzene rings is 1. The highest BCUT2D eigenvalue weighted by atomic mass is 16.5. The van der Waals surface area contributed by atoms with Crippen molar-refractivity contribution in [3.63, 3.8) is 0 Å². The van der Waals surface area contributed by atoms with E-state index in [-0.39, 0.29) is 17.6 Å². The summed E-state index contributed by atoms with van der Waals surface area (Å²) in [5, 5.41) is 12.6. The summed E-state index contributed by atoms with van der Waals surface area (Å²) in [6, 6.07) is 9.95. The first-order valence-corrected chi connectivity index (χ1v) is 8.62. The van der Waals surface area contributed by atoms with Crippen LogP contribution in [0.5, 0.6) is 0 Å². The van der Waals surface area contributed by atoms with Crippen LogP contribution >= 0.6 is 0 Å². The molecule has 1 saturated heterocycles. The summed E-state index contributed by atoms with van der Waals surface area (Å²) < 4.78 is 5.98. The second-order valence-corrected chi connectivity index (χ2v) is 7.74. The fraction of sp³-hybridized carbons (Fsp3) is 0.632. The smallest absolute Gasteiger partial charge is 0.317 e. The molecule has 5 heteroatoms. The molecule has 0 saturated carbocycles. The zero-order chi connectivity index (χ0) is 17.8. The van der Waals surface area contributed by atoms with Gasteiger partial charge >= 0.3 is 6.03 Å². The van der Waals surface area contributed by atoms with Crippen LogP contribution in [0.15, 0.2) is 30.3 Å². The Labute approximate surface area is 145 Å². The molecule has 5 nitrogen and oxygen atoms in total. The fourth-order valence-corrected chi connectivity index (χ4v) is 3.31. The minimum absolute atomic E-state index is 0.0703. The van der Waals surface area contributed by atoms with Gasteiger partial charge in [0.05, 0.1) is 19.3 Å². The molecule has 2 atom stereocenters. The van der Waals surface area contributed by atoms with Crippen LogP contribution in [-0.4, -0.2) is 48.4 Å². The topological polar surface area (TPSA) is 61.8 Å². The maximum absolute atomic E-state index is 12.5. The molecule has 1 fully saturated rings. The standard InChI is InChI=1S/C19H30N2O3/c1-15(22)12-18(2,3)13-20-17(23)21-10-11-24-19(4,14-21)16-8-6-5-7-9-16/h5-9,15,22H,10-14H2,1-4H3,(H,20,23). The minimum atomic E-state index is -0.480. The molecule has 2 rings (SSSR count). The molecule has 1 aromatic carbocycles. The van der Waals surface area contributed by atoms with E-state index < -0.39 is 5.60 Å². The molecule has 0 aliphatic carbocycles. The molecule has 134 valence electrons. The van der Waals surface area contributed by atoms with Gasteiger partial charge in [0.25, 0.3) is 0 Å². The van der Waals surface area contributed by atoms with E-state index in [0.717, 1.165) is 5.56 Å². The lowest BCUT2D eigenvalue weighted by Gasteiger charge is -2.41. The van der Waals surface area contributed by atoms with Crippen molar-refractivity contribution in [1.82, 2.24) is 10.2 Å². The summed E-state index contributed by atoms with van der Waals surface area (Å²) in [6.07, 6.45) is 0.277. The van der Waals surface area contributed by atoms with Gasteiger partial charge in [0.2, 0.25) is 0 Å². The largest absolute Gasteiger partial charge is 0.393 e. The summed E-state index contributed by atoms with van der Waals surface area (Å²) in [6.45, 7) is 10.1. The Morgan fingerprint density at radius 1 is 1.42 bits per heavy atom. The van der Waals surface area contributed by atoms with Crippen molar-refractivity contribution in [2.75, 3.05) is 26.2 Å². The van der Waals surface area contributed by atoms with E-state index in [1.807, 2.05) is 56.0 Å². The van der Waals surface area contributed by atoms with Crippen molar-refractivity contribution in [2.24, 2.45) is 5.41 Å². The van der Waals surface area contributed by atoms with E-state index in [1.165, 1.54) is 0 Å². The lowest BCUT2D eigenvalue weighted by molar-refractivity contribution is -0.0907. The van der Waals surface area contributed by atoms with Crippen LogP contribution < -0.4 is 5.32 Å². The van der Waals surface area contributed by atoms with Crippen LogP contribution in [-0.2, 0) is 10.3 Å². The number of nitrogens with one attached hydrogen (secondary N) is 1. The molecule has 2 amide bonds. The zero-order valence-corrected chi connectivity index (χ0v) is 15.2. The van der Waals surface area contributed by atoms with Gasteiger partial charge in [0.15, 0.2) is 0 Å². The molecule has 2 unspecified atom stereocenters. The molecule has 24 heavy (non-hydrogen) atoms. The van der Waals surface area contributed by atoms with Gasteiger partial charge in [0.1, 0.15) is 5.60 Å². The van der Waals surface area contributed by atoms with Crippen LogP contribution in [0.1, 0.15) is 39.7 Å². The highest BCUT2D eigenvalue weighted by Gasteiger charge is 2.36. The van der Waals surface area contributed by atoms with Crippen LogP contribution in [0.25, 0.3) is 0 Å². The quantitative estimate of drug-likeness (QED) is 0.870. The minimum Gasteiger partial charge on any atom is -0.393 e. The molecule has 0 bridgehead atoms. The molecule has 1 aliphatic rings. The van der Waals surface area contributed by atoms with E-state index in [0.29, 0.717) is 32.7 Å². The molecular weight excluding hydrogens is 304 g/mol. The van der Waals surface area contributed by atoms with E-state index in [2.05, 4.69) is 5.32 Å². The van der Waals surface area contributed by atoms with Crippen molar-refractivity contribution in [3.8, 4) is 0 Å². The third-order valence-corrected chi connectivity index (χ3v) is 4.51. The first-order valence-electron chi connectivity index (χ1n) is 8.62. The van der Waals surface area contributed by atoms with Gasteiger partial charge in [-0.05, 0) is 31.2 Å². The number of carbonyl (C=O) groups is 1. The third-order valence-electron chi connectivity index (χ3n) is 4.51. The van der Waals surface area contributed by atoms with E-state index in [4.69, 9.17) is 4.74 Å². The van der Waals surface area contributed by atoms with Gasteiger partial charge in [-0.2, -0.15) is 0 Å². The number of ether oxygens (including phenoxy) is 1. The van der Waals surface area contributed by atoms with Gasteiger partial charge in [-0.25, -0.2) is 4.79 Å². The van der Waals surface area contributed by atoms with E-state index in [1.54, 1.807) is 6.92 Å². The second-order valence-electron chi connectivity index (χ2n) is 7.74. The fourth-order valence-electron chi connectivity index (χ4n) is 3.31. The molecule has 1 aromatic rings. The maximum atomic E-state index is 12.5. The first kappa shape index (κ1) is 18.7. The Balaban J connectivity index is 1.96. The second kappa shape index (κ2) is 7.53. The highest BCUT2D eigenvalue weighted by molar-refractivity contribution is 5.74. The van der Waals surface area contributed by atoms with Crippen LogP contribution in [0.4, 0.5) is 4.79 Å². The van der Waals surface area contributed by atoms with Crippen molar-refractivity contribution in [3.05, 3.63) is 35.9 Å². The Morgan fingerprint density at radius 2 is 2.08 bits per heavy atom. The lowest BCUT2D eigenvalue weighted by Crippen LogP contribution is -2.54. The Kier molecular flexibility index (Phi) is 5.88. The maximum Gasteiger partial charge on any atom is 0.317 e. The average Bonchev–Trinajstić information content (AvgIpc) is 2.52. The molecule has 0 aromatic heterocycles.